The molecule has 0 saturated carbocycles. The molecule has 0 fully saturated rings. The van der Waals surface area contributed by atoms with E-state index in [4.69, 9.17) is 4.42 Å². The summed E-state index contributed by atoms with van der Waals surface area (Å²) in [7, 11) is 1.30. The van der Waals surface area contributed by atoms with Gasteiger partial charge in [-0.15, -0.1) is 10.2 Å². The standard InChI is InChI=1S/C18H16N4O4/c1-25-18(24)13-3-2-4-14(11-13)20-15(23)5-6-16-21-22-17(26-16)12-7-9-19-10-8-12/h2-4,7-11H,5-6H2,1H3,(H,20,23). The maximum absolute atomic E-state index is 12.1. The third kappa shape index (κ3) is 4.29. The van der Waals surface area contributed by atoms with Crippen LogP contribution in [0.1, 0.15) is 22.7 Å². The first kappa shape index (κ1) is 17.3. The monoisotopic (exact) mass is 352 g/mol. The third-order valence-corrected chi connectivity index (χ3v) is 3.53. The highest BCUT2D eigenvalue weighted by Gasteiger charge is 2.11. The topological polar surface area (TPSA) is 107 Å². The molecular formula is C18H16N4O4. The van der Waals surface area contributed by atoms with Gasteiger partial charge in [0.15, 0.2) is 0 Å². The molecule has 1 amide bonds. The van der Waals surface area contributed by atoms with Crippen LogP contribution in [-0.2, 0) is 16.0 Å². The highest BCUT2D eigenvalue weighted by atomic mass is 16.5. The SMILES string of the molecule is COC(=O)c1cccc(NC(=O)CCc2nnc(-c3ccncc3)o2)c1. The average Bonchev–Trinajstić information content (AvgIpc) is 3.16. The fourth-order valence-corrected chi connectivity index (χ4v) is 2.25. The summed E-state index contributed by atoms with van der Waals surface area (Å²) in [4.78, 5) is 27.5. The number of pyridine rings is 1. The number of aromatic nitrogens is 3. The highest BCUT2D eigenvalue weighted by Crippen LogP contribution is 2.17. The molecule has 0 saturated heterocycles. The second-order valence-corrected chi connectivity index (χ2v) is 5.36. The molecule has 2 heterocycles. The number of ether oxygens (including phenoxy) is 1. The fourth-order valence-electron chi connectivity index (χ4n) is 2.25. The molecule has 8 nitrogen and oxygen atoms in total. The molecular weight excluding hydrogens is 336 g/mol. The van der Waals surface area contributed by atoms with Gasteiger partial charge in [-0.25, -0.2) is 4.79 Å². The normalized spacial score (nSPS) is 10.3. The second-order valence-electron chi connectivity index (χ2n) is 5.36. The Hall–Kier alpha value is -3.55. The van der Waals surface area contributed by atoms with Gasteiger partial charge in [0.1, 0.15) is 0 Å². The van der Waals surface area contributed by atoms with Crippen LogP contribution < -0.4 is 5.32 Å². The number of rotatable bonds is 6. The molecule has 0 aliphatic carbocycles. The van der Waals surface area contributed by atoms with E-state index in [2.05, 4.69) is 25.2 Å². The summed E-state index contributed by atoms with van der Waals surface area (Å²) in [5.41, 5.74) is 1.65. The maximum atomic E-state index is 12.1. The summed E-state index contributed by atoms with van der Waals surface area (Å²) in [6, 6.07) is 10.1. The lowest BCUT2D eigenvalue weighted by molar-refractivity contribution is -0.116. The van der Waals surface area contributed by atoms with Gasteiger partial charge in [0.05, 0.1) is 12.7 Å². The molecule has 0 spiro atoms. The van der Waals surface area contributed by atoms with Crippen LogP contribution in [0.25, 0.3) is 11.5 Å². The van der Waals surface area contributed by atoms with Crippen molar-refractivity contribution in [3.63, 3.8) is 0 Å². The van der Waals surface area contributed by atoms with Crippen molar-refractivity contribution in [1.29, 1.82) is 0 Å². The number of nitrogens with one attached hydrogen (secondary N) is 1. The minimum atomic E-state index is -0.462. The largest absolute Gasteiger partial charge is 0.465 e. The van der Waals surface area contributed by atoms with E-state index in [0.717, 1.165) is 5.56 Å². The third-order valence-electron chi connectivity index (χ3n) is 3.53. The Morgan fingerprint density at radius 1 is 1.15 bits per heavy atom. The summed E-state index contributed by atoms with van der Waals surface area (Å²) in [5.74, 6) is 0.0649. The summed E-state index contributed by atoms with van der Waals surface area (Å²) in [6.07, 6.45) is 3.74. The number of aryl methyl sites for hydroxylation is 1. The molecule has 0 radical (unpaired) electrons. The molecule has 0 unspecified atom stereocenters. The molecule has 0 aliphatic rings. The van der Waals surface area contributed by atoms with Crippen molar-refractivity contribution in [3.8, 4) is 11.5 Å². The first-order valence-corrected chi connectivity index (χ1v) is 7.86. The van der Waals surface area contributed by atoms with E-state index in [-0.39, 0.29) is 12.3 Å². The van der Waals surface area contributed by atoms with Gasteiger partial charge in [-0.05, 0) is 30.3 Å². The Labute approximate surface area is 149 Å². The van der Waals surface area contributed by atoms with E-state index in [0.29, 0.717) is 29.5 Å². The van der Waals surface area contributed by atoms with Crippen LogP contribution in [-0.4, -0.2) is 34.2 Å². The van der Waals surface area contributed by atoms with E-state index in [1.807, 2.05) is 0 Å². The molecule has 2 aromatic heterocycles. The first-order valence-electron chi connectivity index (χ1n) is 7.86. The number of methoxy groups -OCH3 is 1. The molecule has 0 bridgehead atoms. The van der Waals surface area contributed by atoms with Gasteiger partial charge < -0.3 is 14.5 Å². The predicted molar refractivity (Wildman–Crippen MR) is 92.3 cm³/mol. The van der Waals surface area contributed by atoms with E-state index >= 15 is 0 Å². The van der Waals surface area contributed by atoms with Crippen LogP contribution in [0.5, 0.6) is 0 Å². The average molecular weight is 352 g/mol. The van der Waals surface area contributed by atoms with E-state index in [1.54, 1.807) is 48.8 Å². The van der Waals surface area contributed by atoms with E-state index < -0.39 is 5.97 Å². The predicted octanol–water partition coefficient (Wildman–Crippen LogP) is 2.49. The van der Waals surface area contributed by atoms with E-state index in [1.165, 1.54) is 7.11 Å². The van der Waals surface area contributed by atoms with Gasteiger partial charge in [0.25, 0.3) is 0 Å². The maximum Gasteiger partial charge on any atom is 0.337 e. The Bertz CT molecular complexity index is 908. The molecule has 26 heavy (non-hydrogen) atoms. The lowest BCUT2D eigenvalue weighted by Crippen LogP contribution is -2.13. The number of anilines is 1. The molecule has 3 aromatic rings. The zero-order chi connectivity index (χ0) is 18.4. The minimum Gasteiger partial charge on any atom is -0.465 e. The zero-order valence-corrected chi connectivity index (χ0v) is 14.0. The molecule has 0 aliphatic heterocycles. The van der Waals surface area contributed by atoms with Gasteiger partial charge in [0, 0.05) is 36.5 Å². The van der Waals surface area contributed by atoms with Crippen LogP contribution in [0.4, 0.5) is 5.69 Å². The molecule has 1 N–H and O–H groups in total. The van der Waals surface area contributed by atoms with Gasteiger partial charge in [-0.1, -0.05) is 6.07 Å². The Morgan fingerprint density at radius 3 is 2.73 bits per heavy atom. The molecule has 1 aromatic carbocycles. The number of hydrogen-bond acceptors (Lipinski definition) is 7. The smallest absolute Gasteiger partial charge is 0.337 e. The second kappa shape index (κ2) is 8.02. The molecule has 3 rings (SSSR count). The summed E-state index contributed by atoms with van der Waals surface area (Å²) in [6.45, 7) is 0. The van der Waals surface area contributed by atoms with Gasteiger partial charge in [-0.3, -0.25) is 9.78 Å². The van der Waals surface area contributed by atoms with Crippen molar-refractivity contribution >= 4 is 17.6 Å². The van der Waals surface area contributed by atoms with Crippen LogP contribution in [0, 0.1) is 0 Å². The van der Waals surface area contributed by atoms with Crippen molar-refractivity contribution < 1.29 is 18.7 Å². The van der Waals surface area contributed by atoms with Gasteiger partial charge >= 0.3 is 5.97 Å². The van der Waals surface area contributed by atoms with Crippen LogP contribution in [0.15, 0.2) is 53.2 Å². The van der Waals surface area contributed by atoms with Crippen LogP contribution >= 0.6 is 0 Å². The number of nitrogens with zero attached hydrogens (tertiary/aromatic N) is 3. The molecule has 132 valence electrons. The number of amides is 1. The van der Waals surface area contributed by atoms with Crippen LogP contribution in [0.2, 0.25) is 0 Å². The Morgan fingerprint density at radius 2 is 1.96 bits per heavy atom. The summed E-state index contributed by atoms with van der Waals surface area (Å²) in [5, 5.41) is 10.6. The van der Waals surface area contributed by atoms with Crippen molar-refractivity contribution in [3.05, 3.63) is 60.2 Å². The first-order chi connectivity index (χ1) is 12.7. The molecule has 8 heteroatoms. The van der Waals surface area contributed by atoms with Gasteiger partial charge in [0.2, 0.25) is 17.7 Å². The summed E-state index contributed by atoms with van der Waals surface area (Å²) < 4.78 is 10.2. The zero-order valence-electron chi connectivity index (χ0n) is 14.0. The van der Waals surface area contributed by atoms with Crippen molar-refractivity contribution in [2.45, 2.75) is 12.8 Å². The van der Waals surface area contributed by atoms with Crippen molar-refractivity contribution in [2.75, 3.05) is 12.4 Å². The van der Waals surface area contributed by atoms with Crippen molar-refractivity contribution in [1.82, 2.24) is 15.2 Å². The van der Waals surface area contributed by atoms with Crippen molar-refractivity contribution in [2.24, 2.45) is 0 Å². The number of carbonyl (C=O) groups excluding carboxylic acids is 2. The Balaban J connectivity index is 1.56. The van der Waals surface area contributed by atoms with E-state index in [9.17, 15) is 9.59 Å². The summed E-state index contributed by atoms with van der Waals surface area (Å²) >= 11 is 0. The molecule has 0 atom stereocenters. The fraction of sp³-hybridized carbons (Fsp3) is 0.167. The lowest BCUT2D eigenvalue weighted by Gasteiger charge is -2.06. The lowest BCUT2D eigenvalue weighted by atomic mass is 10.2. The van der Waals surface area contributed by atoms with Crippen LogP contribution in [0.3, 0.4) is 0 Å². The highest BCUT2D eigenvalue weighted by molar-refractivity contribution is 5.94. The van der Waals surface area contributed by atoms with Gasteiger partial charge in [-0.2, -0.15) is 0 Å². The Kier molecular flexibility index (Phi) is 5.33. The minimum absolute atomic E-state index is 0.167. The number of esters is 1. The number of benzene rings is 1. The quantitative estimate of drug-likeness (QED) is 0.679. The number of carbonyl (C=O) groups is 2. The number of hydrogen-bond donors (Lipinski definition) is 1.